The van der Waals surface area contributed by atoms with Crippen molar-refractivity contribution in [3.63, 3.8) is 0 Å². The lowest BCUT2D eigenvalue weighted by molar-refractivity contribution is 0.0955. The lowest BCUT2D eigenvalue weighted by Crippen LogP contribution is -2.18. The van der Waals surface area contributed by atoms with Gasteiger partial charge in [0.05, 0.1) is 23.4 Å². The molecule has 0 saturated carbocycles. The van der Waals surface area contributed by atoms with Crippen LogP contribution in [0.4, 0.5) is 0 Å². The molecule has 0 aliphatic carbocycles. The van der Waals surface area contributed by atoms with E-state index in [1.807, 2.05) is 50.2 Å². The predicted molar refractivity (Wildman–Crippen MR) is 125 cm³/mol. The number of halogens is 2. The molecule has 31 heavy (non-hydrogen) atoms. The van der Waals surface area contributed by atoms with Crippen molar-refractivity contribution in [2.24, 2.45) is 5.10 Å². The zero-order chi connectivity index (χ0) is 22.2. The van der Waals surface area contributed by atoms with E-state index >= 15 is 0 Å². The minimum Gasteiger partial charge on any atom is -0.490 e. The zero-order valence-electron chi connectivity index (χ0n) is 17.2. The minimum atomic E-state index is -0.430. The Bertz CT molecular complexity index is 1080. The number of aryl methyl sites for hydroxylation is 1. The Kier molecular flexibility index (Phi) is 7.93. The maximum absolute atomic E-state index is 12.2. The van der Waals surface area contributed by atoms with E-state index < -0.39 is 5.91 Å². The molecule has 1 N–H and O–H groups in total. The monoisotopic (exact) mass is 456 g/mol. The van der Waals surface area contributed by atoms with E-state index in [2.05, 4.69) is 10.5 Å². The fraction of sp³-hybridized carbons (Fsp3) is 0.167. The summed E-state index contributed by atoms with van der Waals surface area (Å²) in [4.78, 5) is 12.2. The topological polar surface area (TPSA) is 59.9 Å². The Labute approximate surface area is 191 Å². The first-order valence-electron chi connectivity index (χ1n) is 9.70. The molecule has 0 unspecified atom stereocenters. The van der Waals surface area contributed by atoms with Crippen molar-refractivity contribution < 1.29 is 14.3 Å². The fourth-order valence-electron chi connectivity index (χ4n) is 2.74. The van der Waals surface area contributed by atoms with Crippen LogP contribution in [0.25, 0.3) is 0 Å². The molecule has 0 aliphatic heterocycles. The highest BCUT2D eigenvalue weighted by Gasteiger charge is 2.10. The summed E-state index contributed by atoms with van der Waals surface area (Å²) in [7, 11) is 0. The van der Waals surface area contributed by atoms with Crippen molar-refractivity contribution in [3.05, 3.63) is 93.0 Å². The van der Waals surface area contributed by atoms with Gasteiger partial charge in [-0.3, -0.25) is 4.79 Å². The van der Waals surface area contributed by atoms with Gasteiger partial charge in [-0.1, -0.05) is 53.0 Å². The number of nitrogens with one attached hydrogen (secondary N) is 1. The molecule has 0 spiro atoms. The Morgan fingerprint density at radius 3 is 2.48 bits per heavy atom. The summed E-state index contributed by atoms with van der Waals surface area (Å²) in [6, 6.07) is 18.3. The highest BCUT2D eigenvalue weighted by Crippen LogP contribution is 2.29. The smallest absolute Gasteiger partial charge is 0.272 e. The maximum Gasteiger partial charge on any atom is 0.272 e. The number of carbonyl (C=O) groups excluding carboxylic acids is 1. The van der Waals surface area contributed by atoms with Gasteiger partial charge >= 0.3 is 0 Å². The van der Waals surface area contributed by atoms with Crippen LogP contribution in [-0.4, -0.2) is 18.7 Å². The summed E-state index contributed by atoms with van der Waals surface area (Å²) >= 11 is 11.9. The van der Waals surface area contributed by atoms with Crippen LogP contribution in [0.3, 0.4) is 0 Å². The lowest BCUT2D eigenvalue weighted by atomic mass is 10.2. The van der Waals surface area contributed by atoms with Crippen molar-refractivity contribution in [2.45, 2.75) is 20.5 Å². The van der Waals surface area contributed by atoms with E-state index in [1.165, 1.54) is 17.8 Å². The van der Waals surface area contributed by atoms with Crippen LogP contribution < -0.4 is 14.9 Å². The normalized spacial score (nSPS) is 10.8. The largest absolute Gasteiger partial charge is 0.490 e. The first kappa shape index (κ1) is 22.7. The third-order valence-electron chi connectivity index (χ3n) is 4.34. The van der Waals surface area contributed by atoms with Crippen LogP contribution in [0.15, 0.2) is 65.8 Å². The van der Waals surface area contributed by atoms with E-state index in [0.717, 1.165) is 11.1 Å². The number of hydrazone groups is 1. The number of rotatable bonds is 8. The van der Waals surface area contributed by atoms with E-state index in [-0.39, 0.29) is 10.6 Å². The van der Waals surface area contributed by atoms with Crippen LogP contribution in [0.5, 0.6) is 11.5 Å². The standard InChI is InChI=1S/C24H22Cl2N2O3/c1-3-30-23-12-18(8-11-22(23)31-15-17-6-4-16(2)5-7-17)14-27-28-24(29)20-10-9-19(25)13-21(20)26/h4-14H,3,15H2,1-2H3,(H,28,29)/b27-14-. The molecule has 0 fully saturated rings. The average Bonchev–Trinajstić information content (AvgIpc) is 2.74. The quantitative estimate of drug-likeness (QED) is 0.331. The van der Waals surface area contributed by atoms with Gasteiger partial charge in [0.25, 0.3) is 5.91 Å². The van der Waals surface area contributed by atoms with Crippen molar-refractivity contribution in [1.29, 1.82) is 0 Å². The lowest BCUT2D eigenvalue weighted by Gasteiger charge is -2.13. The molecule has 1 amide bonds. The van der Waals surface area contributed by atoms with Gasteiger partial charge in [-0.05, 0) is 61.4 Å². The van der Waals surface area contributed by atoms with Gasteiger partial charge in [0, 0.05) is 5.02 Å². The molecule has 5 nitrogen and oxygen atoms in total. The Morgan fingerprint density at radius 1 is 1.00 bits per heavy atom. The Hall–Kier alpha value is -3.02. The van der Waals surface area contributed by atoms with E-state index in [0.29, 0.717) is 29.7 Å². The summed E-state index contributed by atoms with van der Waals surface area (Å²) in [5.74, 6) is 0.809. The van der Waals surface area contributed by atoms with Crippen LogP contribution >= 0.6 is 23.2 Å². The molecule has 0 aliphatic rings. The Balaban J connectivity index is 1.66. The molecule has 0 saturated heterocycles. The van der Waals surface area contributed by atoms with Crippen LogP contribution in [0.1, 0.15) is 34.0 Å². The van der Waals surface area contributed by atoms with Crippen molar-refractivity contribution >= 4 is 35.3 Å². The second kappa shape index (κ2) is 10.8. The molecule has 3 rings (SSSR count). The van der Waals surface area contributed by atoms with Gasteiger partial charge in [0.1, 0.15) is 6.61 Å². The van der Waals surface area contributed by atoms with Gasteiger partial charge in [0.2, 0.25) is 0 Å². The van der Waals surface area contributed by atoms with Gasteiger partial charge in [-0.25, -0.2) is 5.43 Å². The third-order valence-corrected chi connectivity index (χ3v) is 4.89. The van der Waals surface area contributed by atoms with Gasteiger partial charge in [0.15, 0.2) is 11.5 Å². The summed E-state index contributed by atoms with van der Waals surface area (Å²) in [5.41, 5.74) is 5.76. The van der Waals surface area contributed by atoms with Gasteiger partial charge in [-0.15, -0.1) is 0 Å². The van der Waals surface area contributed by atoms with Crippen LogP contribution in [0, 0.1) is 6.92 Å². The van der Waals surface area contributed by atoms with Crippen molar-refractivity contribution in [1.82, 2.24) is 5.43 Å². The van der Waals surface area contributed by atoms with Crippen LogP contribution in [0.2, 0.25) is 10.0 Å². The number of ether oxygens (including phenoxy) is 2. The predicted octanol–water partition coefficient (Wildman–Crippen LogP) is 6.04. The molecule has 0 radical (unpaired) electrons. The van der Waals surface area contributed by atoms with E-state index in [4.69, 9.17) is 32.7 Å². The number of amides is 1. The molecular formula is C24H22Cl2N2O3. The van der Waals surface area contributed by atoms with Gasteiger partial charge in [-0.2, -0.15) is 5.10 Å². The molecule has 0 bridgehead atoms. The first-order chi connectivity index (χ1) is 15.0. The molecular weight excluding hydrogens is 435 g/mol. The molecule has 7 heteroatoms. The van der Waals surface area contributed by atoms with Crippen LogP contribution in [-0.2, 0) is 6.61 Å². The summed E-state index contributed by atoms with van der Waals surface area (Å²) in [6.45, 7) is 4.88. The summed E-state index contributed by atoms with van der Waals surface area (Å²) < 4.78 is 11.6. The summed E-state index contributed by atoms with van der Waals surface area (Å²) in [5, 5.41) is 4.72. The highest BCUT2D eigenvalue weighted by molar-refractivity contribution is 6.36. The van der Waals surface area contributed by atoms with E-state index in [1.54, 1.807) is 18.2 Å². The van der Waals surface area contributed by atoms with Crippen molar-refractivity contribution in [2.75, 3.05) is 6.61 Å². The molecule has 0 aromatic heterocycles. The third kappa shape index (κ3) is 6.48. The van der Waals surface area contributed by atoms with E-state index in [9.17, 15) is 4.79 Å². The highest BCUT2D eigenvalue weighted by atomic mass is 35.5. The number of nitrogens with zero attached hydrogens (tertiary/aromatic N) is 1. The molecule has 0 atom stereocenters. The Morgan fingerprint density at radius 2 is 1.77 bits per heavy atom. The molecule has 3 aromatic rings. The number of carbonyl (C=O) groups is 1. The minimum absolute atomic E-state index is 0.258. The van der Waals surface area contributed by atoms with Gasteiger partial charge < -0.3 is 9.47 Å². The van der Waals surface area contributed by atoms with Crippen molar-refractivity contribution in [3.8, 4) is 11.5 Å². The average molecular weight is 457 g/mol. The second-order valence-corrected chi connectivity index (χ2v) is 7.58. The SMILES string of the molecule is CCOc1cc(/C=N\NC(=O)c2ccc(Cl)cc2Cl)ccc1OCc1ccc(C)cc1. The number of hydrogen-bond acceptors (Lipinski definition) is 4. The number of benzene rings is 3. The fourth-order valence-corrected chi connectivity index (χ4v) is 3.23. The molecule has 0 heterocycles. The second-order valence-electron chi connectivity index (χ2n) is 6.74. The number of hydrogen-bond donors (Lipinski definition) is 1. The molecule has 160 valence electrons. The molecule has 3 aromatic carbocycles. The summed E-state index contributed by atoms with van der Waals surface area (Å²) in [6.07, 6.45) is 1.52. The zero-order valence-corrected chi connectivity index (χ0v) is 18.7. The first-order valence-corrected chi connectivity index (χ1v) is 10.5. The maximum atomic E-state index is 12.2.